The Kier molecular flexibility index (Phi) is 7.10. The van der Waals surface area contributed by atoms with Gasteiger partial charge in [0.2, 0.25) is 5.71 Å². The van der Waals surface area contributed by atoms with Crippen molar-refractivity contribution < 1.29 is 13.9 Å². The maximum atomic E-state index is 5.87. The Labute approximate surface area is 150 Å². The second-order valence-electron chi connectivity index (χ2n) is 6.95. The van der Waals surface area contributed by atoms with Crippen LogP contribution in [0.1, 0.15) is 70.5 Å². The van der Waals surface area contributed by atoms with Crippen LogP contribution in [0.2, 0.25) is 0 Å². The van der Waals surface area contributed by atoms with Gasteiger partial charge in [0.05, 0.1) is 18.6 Å². The average molecular weight is 346 g/mol. The van der Waals surface area contributed by atoms with Crippen molar-refractivity contribution in [2.75, 3.05) is 13.2 Å². The minimum absolute atomic E-state index is 0.0595. The molecule has 25 heavy (non-hydrogen) atoms. The van der Waals surface area contributed by atoms with Gasteiger partial charge in [-0.2, -0.15) is 4.98 Å². The molecule has 2 aromatic rings. The standard InChI is InChI=1S/C20H30N2O3/c1-2-3-4-5-6-7-8-9-10-17-13-16-14-21-20(22-19(16)24-17)25-18-11-12-23-15-18/h13-14,18H,2-12,15H2,1H3. The van der Waals surface area contributed by atoms with Crippen molar-refractivity contribution in [2.24, 2.45) is 0 Å². The Hall–Kier alpha value is -1.62. The van der Waals surface area contributed by atoms with E-state index < -0.39 is 0 Å². The Morgan fingerprint density at radius 1 is 1.12 bits per heavy atom. The maximum Gasteiger partial charge on any atom is 0.320 e. The van der Waals surface area contributed by atoms with Gasteiger partial charge in [-0.3, -0.25) is 0 Å². The predicted molar refractivity (Wildman–Crippen MR) is 98.0 cm³/mol. The van der Waals surface area contributed by atoms with Gasteiger partial charge in [-0.05, 0) is 12.5 Å². The molecule has 1 aliphatic heterocycles. The van der Waals surface area contributed by atoms with E-state index in [1.807, 2.05) is 0 Å². The molecule has 2 aromatic heterocycles. The summed E-state index contributed by atoms with van der Waals surface area (Å²) in [6.07, 6.45) is 14.3. The molecule has 0 saturated carbocycles. The smallest absolute Gasteiger partial charge is 0.320 e. The Balaban J connectivity index is 1.41. The second kappa shape index (κ2) is 9.76. The van der Waals surface area contributed by atoms with Crippen molar-refractivity contribution in [1.29, 1.82) is 0 Å². The van der Waals surface area contributed by atoms with Crippen LogP contribution < -0.4 is 4.74 Å². The van der Waals surface area contributed by atoms with E-state index in [4.69, 9.17) is 13.9 Å². The summed E-state index contributed by atoms with van der Waals surface area (Å²) < 4.78 is 16.9. The SMILES string of the molecule is CCCCCCCCCCc1cc2cnc(OC3CCOC3)nc2o1. The van der Waals surface area contributed by atoms with E-state index in [1.165, 1.54) is 51.4 Å². The van der Waals surface area contributed by atoms with Crippen molar-refractivity contribution in [3.8, 4) is 6.01 Å². The van der Waals surface area contributed by atoms with Crippen LogP contribution in [0.4, 0.5) is 0 Å². The topological polar surface area (TPSA) is 57.4 Å². The third-order valence-corrected chi connectivity index (χ3v) is 4.74. The van der Waals surface area contributed by atoms with Crippen LogP contribution >= 0.6 is 0 Å². The summed E-state index contributed by atoms with van der Waals surface area (Å²) in [5.74, 6) is 0.997. The molecular weight excluding hydrogens is 316 g/mol. The molecule has 0 bridgehead atoms. The molecular formula is C20H30N2O3. The number of fused-ring (bicyclic) bond motifs is 1. The summed E-state index contributed by atoms with van der Waals surface area (Å²) in [6.45, 7) is 3.62. The van der Waals surface area contributed by atoms with E-state index in [1.54, 1.807) is 6.20 Å². The molecule has 0 aromatic carbocycles. The average Bonchev–Trinajstić information content (AvgIpc) is 3.26. The third kappa shape index (κ3) is 5.70. The molecule has 3 heterocycles. The van der Waals surface area contributed by atoms with Crippen LogP contribution in [-0.2, 0) is 11.2 Å². The van der Waals surface area contributed by atoms with E-state index in [0.717, 1.165) is 30.6 Å². The summed E-state index contributed by atoms with van der Waals surface area (Å²) >= 11 is 0. The first-order valence-electron chi connectivity index (χ1n) is 9.85. The molecule has 5 nitrogen and oxygen atoms in total. The van der Waals surface area contributed by atoms with E-state index in [9.17, 15) is 0 Å². The quantitative estimate of drug-likeness (QED) is 0.531. The number of furan rings is 1. The number of ether oxygens (including phenoxy) is 2. The van der Waals surface area contributed by atoms with Gasteiger partial charge in [0.25, 0.3) is 0 Å². The normalized spacial score (nSPS) is 17.4. The van der Waals surface area contributed by atoms with Gasteiger partial charge >= 0.3 is 6.01 Å². The van der Waals surface area contributed by atoms with E-state index >= 15 is 0 Å². The molecule has 1 saturated heterocycles. The predicted octanol–water partition coefficient (Wildman–Crippen LogP) is 5.07. The summed E-state index contributed by atoms with van der Waals surface area (Å²) in [5.41, 5.74) is 0.624. The molecule has 1 unspecified atom stereocenters. The van der Waals surface area contributed by atoms with E-state index in [-0.39, 0.29) is 6.10 Å². The lowest BCUT2D eigenvalue weighted by Crippen LogP contribution is -2.17. The summed E-state index contributed by atoms with van der Waals surface area (Å²) in [5, 5.41) is 0.949. The van der Waals surface area contributed by atoms with Gasteiger partial charge in [0.1, 0.15) is 11.9 Å². The number of hydrogen-bond donors (Lipinski definition) is 0. The largest absolute Gasteiger partial charge is 0.458 e. The fourth-order valence-electron chi connectivity index (χ4n) is 3.24. The number of aryl methyl sites for hydroxylation is 1. The molecule has 1 aliphatic rings. The summed E-state index contributed by atoms with van der Waals surface area (Å²) in [6, 6.07) is 2.44. The van der Waals surface area contributed by atoms with Crippen molar-refractivity contribution in [2.45, 2.75) is 77.2 Å². The lowest BCUT2D eigenvalue weighted by Gasteiger charge is -2.08. The molecule has 138 valence electrons. The molecule has 0 aliphatic carbocycles. The monoisotopic (exact) mass is 346 g/mol. The molecule has 0 radical (unpaired) electrons. The number of nitrogens with zero attached hydrogens (tertiary/aromatic N) is 2. The fraction of sp³-hybridized carbons (Fsp3) is 0.700. The number of rotatable bonds is 11. The van der Waals surface area contributed by atoms with Crippen LogP contribution in [0.3, 0.4) is 0 Å². The van der Waals surface area contributed by atoms with Crippen molar-refractivity contribution in [1.82, 2.24) is 9.97 Å². The van der Waals surface area contributed by atoms with Gasteiger partial charge in [0.15, 0.2) is 0 Å². The second-order valence-corrected chi connectivity index (χ2v) is 6.95. The highest BCUT2D eigenvalue weighted by atomic mass is 16.6. The first-order valence-corrected chi connectivity index (χ1v) is 9.85. The zero-order valence-electron chi connectivity index (χ0n) is 15.3. The van der Waals surface area contributed by atoms with Gasteiger partial charge in [-0.1, -0.05) is 51.9 Å². The lowest BCUT2D eigenvalue weighted by molar-refractivity contribution is 0.134. The zero-order valence-corrected chi connectivity index (χ0v) is 15.3. The molecule has 1 fully saturated rings. The highest BCUT2D eigenvalue weighted by molar-refractivity contribution is 5.73. The molecule has 5 heteroatoms. The Morgan fingerprint density at radius 3 is 2.68 bits per heavy atom. The Bertz CT molecular complexity index is 635. The van der Waals surface area contributed by atoms with Gasteiger partial charge < -0.3 is 13.9 Å². The van der Waals surface area contributed by atoms with Gasteiger partial charge in [-0.15, -0.1) is 0 Å². The van der Waals surface area contributed by atoms with Crippen LogP contribution in [0.5, 0.6) is 6.01 Å². The van der Waals surface area contributed by atoms with Gasteiger partial charge in [-0.25, -0.2) is 4.98 Å². The maximum absolute atomic E-state index is 5.87. The third-order valence-electron chi connectivity index (χ3n) is 4.74. The molecule has 0 spiro atoms. The van der Waals surface area contributed by atoms with E-state index in [0.29, 0.717) is 18.3 Å². The Morgan fingerprint density at radius 2 is 1.92 bits per heavy atom. The minimum Gasteiger partial charge on any atom is -0.458 e. The summed E-state index contributed by atoms with van der Waals surface area (Å²) in [4.78, 5) is 8.67. The van der Waals surface area contributed by atoms with E-state index in [2.05, 4.69) is 23.0 Å². The fourth-order valence-corrected chi connectivity index (χ4v) is 3.24. The van der Waals surface area contributed by atoms with Crippen LogP contribution in [-0.4, -0.2) is 29.3 Å². The van der Waals surface area contributed by atoms with Crippen molar-refractivity contribution in [3.05, 3.63) is 18.0 Å². The summed E-state index contributed by atoms with van der Waals surface area (Å²) in [7, 11) is 0. The van der Waals surface area contributed by atoms with Crippen LogP contribution in [0.25, 0.3) is 11.1 Å². The minimum atomic E-state index is 0.0595. The van der Waals surface area contributed by atoms with Crippen molar-refractivity contribution >= 4 is 11.1 Å². The highest BCUT2D eigenvalue weighted by Crippen LogP contribution is 2.22. The number of aromatic nitrogens is 2. The molecule has 3 rings (SSSR count). The van der Waals surface area contributed by atoms with Crippen LogP contribution in [0.15, 0.2) is 16.7 Å². The zero-order chi connectivity index (χ0) is 17.3. The molecule has 0 amide bonds. The molecule has 0 N–H and O–H groups in total. The number of unbranched alkanes of at least 4 members (excludes halogenated alkanes) is 7. The molecule has 1 atom stereocenters. The van der Waals surface area contributed by atoms with Crippen LogP contribution in [0, 0.1) is 0 Å². The first-order chi connectivity index (χ1) is 12.3. The van der Waals surface area contributed by atoms with Crippen molar-refractivity contribution in [3.63, 3.8) is 0 Å². The van der Waals surface area contributed by atoms with Gasteiger partial charge in [0, 0.05) is 19.0 Å². The first kappa shape index (κ1) is 18.2. The lowest BCUT2D eigenvalue weighted by atomic mass is 10.1. The number of hydrogen-bond acceptors (Lipinski definition) is 5. The highest BCUT2D eigenvalue weighted by Gasteiger charge is 2.19.